The maximum Gasteiger partial charge on any atom is 0.0516 e. The molecule has 0 N–H and O–H groups in total. The Bertz CT molecular complexity index is 250. The quantitative estimate of drug-likeness (QED) is 0.716. The Hall–Kier alpha value is -0.0800. The Labute approximate surface area is 100 Å². The van der Waals surface area contributed by atoms with Crippen molar-refractivity contribution in [3.8, 4) is 0 Å². The molecule has 0 spiro atoms. The van der Waals surface area contributed by atoms with Crippen molar-refractivity contribution in [3.05, 3.63) is 0 Å². The van der Waals surface area contributed by atoms with Crippen LogP contribution in [0.2, 0.25) is 0 Å². The average Bonchev–Trinajstić information content (AvgIpc) is 2.32. The van der Waals surface area contributed by atoms with Gasteiger partial charge in [0.15, 0.2) is 0 Å². The zero-order chi connectivity index (χ0) is 12.0. The lowest BCUT2D eigenvalue weighted by Crippen LogP contribution is -2.50. The first-order chi connectivity index (χ1) is 7.29. The van der Waals surface area contributed by atoms with Crippen LogP contribution in [0.25, 0.3) is 0 Å². The highest BCUT2D eigenvalue weighted by Gasteiger charge is 2.44. The van der Waals surface area contributed by atoms with E-state index in [2.05, 4.69) is 39.5 Å². The number of ether oxygens (including phenoxy) is 1. The molecular weight excluding hydrogens is 198 g/mol. The number of hydrogen-bond donors (Lipinski definition) is 0. The van der Waals surface area contributed by atoms with Crippen molar-refractivity contribution in [3.63, 3.8) is 0 Å². The lowest BCUT2D eigenvalue weighted by Gasteiger charge is -2.42. The van der Waals surface area contributed by atoms with Gasteiger partial charge in [-0.2, -0.15) is 0 Å². The van der Waals surface area contributed by atoms with Gasteiger partial charge in [0.2, 0.25) is 0 Å². The molecule has 0 radical (unpaired) electrons. The zero-order valence-corrected chi connectivity index (χ0v) is 11.5. The Morgan fingerprint density at radius 3 is 2.19 bits per heavy atom. The lowest BCUT2D eigenvalue weighted by molar-refractivity contribution is -0.0423. The molecule has 0 amide bonds. The molecule has 2 rings (SSSR count). The molecule has 2 fully saturated rings. The van der Waals surface area contributed by atoms with E-state index < -0.39 is 0 Å². The number of hydrogen-bond acceptors (Lipinski definition) is 2. The molecule has 2 heteroatoms. The second kappa shape index (κ2) is 3.99. The topological polar surface area (TPSA) is 12.5 Å². The van der Waals surface area contributed by atoms with Crippen LogP contribution in [-0.2, 0) is 4.74 Å². The monoisotopic (exact) mass is 225 g/mol. The molecule has 1 atom stereocenters. The minimum atomic E-state index is 0.300. The van der Waals surface area contributed by atoms with Crippen LogP contribution in [0.4, 0.5) is 0 Å². The molecule has 94 valence electrons. The molecular formula is C14H27NO. The molecule has 0 bridgehead atoms. The Morgan fingerprint density at radius 2 is 1.81 bits per heavy atom. The van der Waals surface area contributed by atoms with Gasteiger partial charge in [-0.1, -0.05) is 0 Å². The van der Waals surface area contributed by atoms with Gasteiger partial charge in [0.1, 0.15) is 0 Å². The molecule has 0 aromatic rings. The molecule has 2 heterocycles. The second-order valence-electron chi connectivity index (χ2n) is 7.30. The summed E-state index contributed by atoms with van der Waals surface area (Å²) in [7, 11) is 0. The van der Waals surface area contributed by atoms with Gasteiger partial charge in [0, 0.05) is 23.5 Å². The first-order valence-corrected chi connectivity index (χ1v) is 6.64. The van der Waals surface area contributed by atoms with Crippen LogP contribution in [-0.4, -0.2) is 35.7 Å². The van der Waals surface area contributed by atoms with E-state index in [1.54, 1.807) is 0 Å². The van der Waals surface area contributed by atoms with Gasteiger partial charge in [-0.25, -0.2) is 0 Å². The van der Waals surface area contributed by atoms with E-state index in [1.165, 1.54) is 19.4 Å². The maximum absolute atomic E-state index is 5.28. The predicted octanol–water partition coefficient (Wildman–Crippen LogP) is 2.92. The van der Waals surface area contributed by atoms with E-state index in [1.807, 2.05) is 0 Å². The summed E-state index contributed by atoms with van der Waals surface area (Å²) in [5.74, 6) is 1.73. The summed E-state index contributed by atoms with van der Waals surface area (Å²) in [6.07, 6.45) is 2.72. The summed E-state index contributed by atoms with van der Waals surface area (Å²) in [4.78, 5) is 2.68. The normalized spacial score (nSPS) is 31.7. The average molecular weight is 225 g/mol. The second-order valence-corrected chi connectivity index (χ2v) is 7.30. The van der Waals surface area contributed by atoms with Gasteiger partial charge in [-0.3, -0.25) is 4.90 Å². The minimum Gasteiger partial charge on any atom is -0.381 e. The summed E-state index contributed by atoms with van der Waals surface area (Å²) in [6, 6.07) is 0. The fraction of sp³-hybridized carbons (Fsp3) is 1.00. The number of likely N-dealkylation sites (tertiary alicyclic amines) is 1. The van der Waals surface area contributed by atoms with Crippen molar-refractivity contribution in [2.75, 3.05) is 19.8 Å². The van der Waals surface area contributed by atoms with E-state index in [-0.39, 0.29) is 0 Å². The van der Waals surface area contributed by atoms with Crippen LogP contribution in [0, 0.1) is 11.8 Å². The molecule has 0 aromatic heterocycles. The van der Waals surface area contributed by atoms with E-state index >= 15 is 0 Å². The highest BCUT2D eigenvalue weighted by atomic mass is 16.5. The van der Waals surface area contributed by atoms with Gasteiger partial charge < -0.3 is 4.74 Å². The van der Waals surface area contributed by atoms with Crippen LogP contribution >= 0.6 is 0 Å². The van der Waals surface area contributed by atoms with Crippen molar-refractivity contribution < 1.29 is 4.74 Å². The third-order valence-electron chi connectivity index (χ3n) is 4.14. The largest absolute Gasteiger partial charge is 0.381 e. The van der Waals surface area contributed by atoms with Crippen LogP contribution in [0.5, 0.6) is 0 Å². The highest BCUT2D eigenvalue weighted by molar-refractivity contribution is 4.98. The zero-order valence-electron chi connectivity index (χ0n) is 11.5. The number of rotatable bonds is 2. The first kappa shape index (κ1) is 12.4. The smallest absolute Gasteiger partial charge is 0.0516 e. The van der Waals surface area contributed by atoms with E-state index in [4.69, 9.17) is 4.74 Å². The summed E-state index contributed by atoms with van der Waals surface area (Å²) >= 11 is 0. The summed E-state index contributed by atoms with van der Waals surface area (Å²) in [6.45, 7) is 15.1. The predicted molar refractivity (Wildman–Crippen MR) is 67.6 cm³/mol. The molecule has 16 heavy (non-hydrogen) atoms. The molecule has 2 aliphatic heterocycles. The van der Waals surface area contributed by atoms with Gasteiger partial charge in [-0.15, -0.1) is 0 Å². The van der Waals surface area contributed by atoms with Crippen molar-refractivity contribution in [2.24, 2.45) is 11.8 Å². The Balaban J connectivity index is 1.96. The summed E-state index contributed by atoms with van der Waals surface area (Å²) in [5, 5.41) is 0. The lowest BCUT2D eigenvalue weighted by atomic mass is 9.88. The standard InChI is InChI=1S/C14H27NO/c1-13(2,3)15-8-11(7-14(15,4)5)6-12-9-16-10-12/h11-12H,6-10H2,1-5H3. The molecule has 0 saturated carbocycles. The van der Waals surface area contributed by atoms with Gasteiger partial charge in [0.25, 0.3) is 0 Å². The van der Waals surface area contributed by atoms with Crippen molar-refractivity contribution in [1.29, 1.82) is 0 Å². The van der Waals surface area contributed by atoms with Crippen LogP contribution < -0.4 is 0 Å². The van der Waals surface area contributed by atoms with Crippen molar-refractivity contribution in [1.82, 2.24) is 4.90 Å². The van der Waals surface area contributed by atoms with Crippen molar-refractivity contribution >= 4 is 0 Å². The fourth-order valence-corrected chi connectivity index (χ4v) is 3.62. The molecule has 1 unspecified atom stereocenters. The van der Waals surface area contributed by atoms with Gasteiger partial charge in [0.05, 0.1) is 13.2 Å². The maximum atomic E-state index is 5.28. The Kier molecular flexibility index (Phi) is 3.09. The van der Waals surface area contributed by atoms with E-state index in [9.17, 15) is 0 Å². The fourth-order valence-electron chi connectivity index (χ4n) is 3.62. The van der Waals surface area contributed by atoms with Gasteiger partial charge in [-0.05, 0) is 53.4 Å². The van der Waals surface area contributed by atoms with Crippen LogP contribution in [0.15, 0.2) is 0 Å². The van der Waals surface area contributed by atoms with Crippen LogP contribution in [0.3, 0.4) is 0 Å². The van der Waals surface area contributed by atoms with E-state index in [0.717, 1.165) is 25.0 Å². The minimum absolute atomic E-state index is 0.300. The Morgan fingerprint density at radius 1 is 1.19 bits per heavy atom. The number of nitrogens with zero attached hydrogens (tertiary/aromatic N) is 1. The van der Waals surface area contributed by atoms with Crippen molar-refractivity contribution in [2.45, 2.75) is 58.5 Å². The first-order valence-electron chi connectivity index (χ1n) is 6.64. The molecule has 0 aromatic carbocycles. The molecule has 2 nitrogen and oxygen atoms in total. The molecule has 2 saturated heterocycles. The third kappa shape index (κ3) is 2.43. The van der Waals surface area contributed by atoms with E-state index in [0.29, 0.717) is 11.1 Å². The summed E-state index contributed by atoms with van der Waals surface area (Å²) < 4.78 is 5.28. The summed E-state index contributed by atoms with van der Waals surface area (Å²) in [5.41, 5.74) is 0.669. The van der Waals surface area contributed by atoms with Crippen LogP contribution in [0.1, 0.15) is 47.5 Å². The third-order valence-corrected chi connectivity index (χ3v) is 4.14. The molecule has 2 aliphatic rings. The molecule has 0 aliphatic carbocycles. The van der Waals surface area contributed by atoms with Gasteiger partial charge >= 0.3 is 0 Å². The highest BCUT2D eigenvalue weighted by Crippen LogP contribution is 2.40. The SMILES string of the molecule is CC(C)(C)N1CC(CC2COC2)CC1(C)C.